The van der Waals surface area contributed by atoms with Crippen LogP contribution in [0.25, 0.3) is 11.0 Å². The van der Waals surface area contributed by atoms with Gasteiger partial charge in [-0.2, -0.15) is 0 Å². The molecule has 0 aliphatic carbocycles. The van der Waals surface area contributed by atoms with E-state index in [1.54, 1.807) is 32.2 Å². The van der Waals surface area contributed by atoms with Gasteiger partial charge >= 0.3 is 0 Å². The van der Waals surface area contributed by atoms with E-state index in [4.69, 9.17) is 16.0 Å². The third kappa shape index (κ3) is 3.90. The van der Waals surface area contributed by atoms with Crippen LogP contribution in [0.3, 0.4) is 0 Å². The number of nitrogens with one attached hydrogen (secondary N) is 2. The van der Waals surface area contributed by atoms with E-state index in [0.717, 1.165) is 0 Å². The molecule has 1 unspecified atom stereocenters. The van der Waals surface area contributed by atoms with Gasteiger partial charge in [-0.15, -0.1) is 12.4 Å². The van der Waals surface area contributed by atoms with Crippen molar-refractivity contribution in [3.63, 3.8) is 0 Å². The molecular weight excluding hydrogens is 335 g/mol. The average molecular weight is 353 g/mol. The maximum absolute atomic E-state index is 12.3. The van der Waals surface area contributed by atoms with E-state index in [1.165, 1.54) is 0 Å². The highest BCUT2D eigenvalue weighted by Gasteiger charge is 2.24. The first-order chi connectivity index (χ1) is 9.35. The molecule has 1 aromatic heterocycles. The molecule has 0 aliphatic rings. The van der Waals surface area contributed by atoms with Crippen molar-refractivity contribution >= 4 is 45.0 Å². The molecule has 0 spiro atoms. The van der Waals surface area contributed by atoms with Gasteiger partial charge in [0.25, 0.3) is 10.0 Å². The van der Waals surface area contributed by atoms with Crippen LogP contribution >= 0.6 is 24.0 Å². The van der Waals surface area contributed by atoms with E-state index >= 15 is 0 Å². The molecule has 118 valence electrons. The molecule has 5 nitrogen and oxygen atoms in total. The Hall–Kier alpha value is -0.790. The zero-order chi connectivity index (χ0) is 14.9. The fourth-order valence-electron chi connectivity index (χ4n) is 1.83. The van der Waals surface area contributed by atoms with Crippen LogP contribution in [0.1, 0.15) is 12.5 Å². The van der Waals surface area contributed by atoms with Crippen molar-refractivity contribution in [2.24, 2.45) is 0 Å². The van der Waals surface area contributed by atoms with Gasteiger partial charge in [0.1, 0.15) is 5.58 Å². The summed E-state index contributed by atoms with van der Waals surface area (Å²) in [5.74, 6) is 0. The van der Waals surface area contributed by atoms with Gasteiger partial charge in [-0.05, 0) is 39.1 Å². The van der Waals surface area contributed by atoms with Crippen LogP contribution in [-0.4, -0.2) is 28.1 Å². The molecule has 0 saturated heterocycles. The lowest BCUT2D eigenvalue weighted by Crippen LogP contribution is -2.37. The average Bonchev–Trinajstić information content (AvgIpc) is 2.74. The van der Waals surface area contributed by atoms with Crippen molar-refractivity contribution in [3.8, 4) is 0 Å². The van der Waals surface area contributed by atoms with Crippen LogP contribution in [0, 0.1) is 6.92 Å². The van der Waals surface area contributed by atoms with Gasteiger partial charge in [-0.3, -0.25) is 0 Å². The Balaban J connectivity index is 0.00000220. The molecule has 2 rings (SSSR count). The van der Waals surface area contributed by atoms with Crippen molar-refractivity contribution in [3.05, 3.63) is 28.8 Å². The second-order valence-corrected chi connectivity index (χ2v) is 6.80. The zero-order valence-corrected chi connectivity index (χ0v) is 14.3. The van der Waals surface area contributed by atoms with Crippen molar-refractivity contribution in [2.75, 3.05) is 13.6 Å². The third-order valence-electron chi connectivity index (χ3n) is 3.17. The maximum Gasteiger partial charge on any atom is 0.274 e. The standard InChI is InChI=1S/C13H17ClN2O3S.ClH/c1-8(15-3)7-16-20(17,18)13-9(2)11-6-10(14)4-5-12(11)19-13;/h4-6,8,15-16H,7H2,1-3H3;1H. The predicted octanol–water partition coefficient (Wildman–Crippen LogP) is 2.70. The molecular formula is C13H18Cl2N2O3S. The minimum Gasteiger partial charge on any atom is -0.443 e. The molecule has 1 heterocycles. The van der Waals surface area contributed by atoms with Gasteiger partial charge in [-0.1, -0.05) is 11.6 Å². The van der Waals surface area contributed by atoms with Crippen LogP contribution in [0.4, 0.5) is 0 Å². The molecule has 2 aromatic rings. The SMILES string of the molecule is CNC(C)CNS(=O)(=O)c1oc2ccc(Cl)cc2c1C.Cl. The number of rotatable bonds is 5. The highest BCUT2D eigenvalue weighted by molar-refractivity contribution is 7.89. The summed E-state index contributed by atoms with van der Waals surface area (Å²) < 4.78 is 32.5. The number of furan rings is 1. The normalized spacial score (nSPS) is 13.1. The molecule has 0 bridgehead atoms. The second kappa shape index (κ2) is 6.98. The Labute approximate surface area is 135 Å². The lowest BCUT2D eigenvalue weighted by molar-refractivity contribution is 0.468. The Bertz CT molecular complexity index is 728. The number of likely N-dealkylation sites (N-methyl/N-ethyl adjacent to an activating group) is 1. The minimum atomic E-state index is -3.67. The first kappa shape index (κ1) is 18.3. The fraction of sp³-hybridized carbons (Fsp3) is 0.385. The topological polar surface area (TPSA) is 71.3 Å². The summed E-state index contributed by atoms with van der Waals surface area (Å²) in [5.41, 5.74) is 1.07. The monoisotopic (exact) mass is 352 g/mol. The highest BCUT2D eigenvalue weighted by Crippen LogP contribution is 2.30. The Morgan fingerprint density at radius 2 is 2.05 bits per heavy atom. The first-order valence-electron chi connectivity index (χ1n) is 6.20. The van der Waals surface area contributed by atoms with Gasteiger partial charge in [0.2, 0.25) is 5.09 Å². The number of sulfonamides is 1. The zero-order valence-electron chi connectivity index (χ0n) is 11.9. The third-order valence-corrected chi connectivity index (χ3v) is 4.83. The fourth-order valence-corrected chi connectivity index (χ4v) is 3.31. The summed E-state index contributed by atoms with van der Waals surface area (Å²) in [7, 11) is -1.90. The van der Waals surface area contributed by atoms with Gasteiger partial charge in [0.05, 0.1) is 0 Å². The van der Waals surface area contributed by atoms with E-state index in [-0.39, 0.29) is 30.1 Å². The van der Waals surface area contributed by atoms with Crippen molar-refractivity contribution in [1.82, 2.24) is 10.0 Å². The summed E-state index contributed by atoms with van der Waals surface area (Å²) in [4.78, 5) is 0. The minimum absolute atomic E-state index is 0. The highest BCUT2D eigenvalue weighted by atomic mass is 35.5. The summed E-state index contributed by atoms with van der Waals surface area (Å²) >= 11 is 5.92. The van der Waals surface area contributed by atoms with E-state index in [2.05, 4.69) is 10.0 Å². The summed E-state index contributed by atoms with van der Waals surface area (Å²) in [6, 6.07) is 5.06. The van der Waals surface area contributed by atoms with E-state index < -0.39 is 10.0 Å². The predicted molar refractivity (Wildman–Crippen MR) is 86.9 cm³/mol. The molecule has 8 heteroatoms. The van der Waals surface area contributed by atoms with Gasteiger partial charge in [0, 0.05) is 28.6 Å². The van der Waals surface area contributed by atoms with Gasteiger partial charge < -0.3 is 9.73 Å². The van der Waals surface area contributed by atoms with Crippen LogP contribution < -0.4 is 10.0 Å². The lowest BCUT2D eigenvalue weighted by Gasteiger charge is -2.10. The van der Waals surface area contributed by atoms with Crippen LogP contribution in [0.2, 0.25) is 5.02 Å². The van der Waals surface area contributed by atoms with Gasteiger partial charge in [-0.25, -0.2) is 13.1 Å². The number of hydrogen-bond donors (Lipinski definition) is 2. The molecule has 21 heavy (non-hydrogen) atoms. The van der Waals surface area contributed by atoms with E-state index in [9.17, 15) is 8.42 Å². The van der Waals surface area contributed by atoms with Crippen molar-refractivity contribution in [2.45, 2.75) is 25.0 Å². The number of halogens is 2. The van der Waals surface area contributed by atoms with Gasteiger partial charge in [0.15, 0.2) is 0 Å². The summed E-state index contributed by atoms with van der Waals surface area (Å²) in [5, 5.41) is 4.16. The maximum atomic E-state index is 12.3. The number of hydrogen-bond acceptors (Lipinski definition) is 4. The molecule has 0 aliphatic heterocycles. The summed E-state index contributed by atoms with van der Waals surface area (Å²) in [6.07, 6.45) is 0. The first-order valence-corrected chi connectivity index (χ1v) is 8.07. The smallest absolute Gasteiger partial charge is 0.274 e. The second-order valence-electron chi connectivity index (χ2n) is 4.70. The number of benzene rings is 1. The quantitative estimate of drug-likeness (QED) is 0.867. The van der Waals surface area contributed by atoms with Crippen molar-refractivity contribution < 1.29 is 12.8 Å². The Morgan fingerprint density at radius 3 is 2.67 bits per heavy atom. The lowest BCUT2D eigenvalue weighted by atomic mass is 10.2. The van der Waals surface area contributed by atoms with Crippen LogP contribution in [0.5, 0.6) is 0 Å². The van der Waals surface area contributed by atoms with Crippen molar-refractivity contribution in [1.29, 1.82) is 0 Å². The van der Waals surface area contributed by atoms with E-state index in [1.807, 2.05) is 6.92 Å². The molecule has 2 N–H and O–H groups in total. The Morgan fingerprint density at radius 1 is 1.38 bits per heavy atom. The van der Waals surface area contributed by atoms with Crippen LogP contribution in [0.15, 0.2) is 27.7 Å². The Kier molecular flexibility index (Phi) is 6.07. The molecule has 0 radical (unpaired) electrons. The molecule has 0 fully saturated rings. The number of aryl methyl sites for hydroxylation is 1. The largest absolute Gasteiger partial charge is 0.443 e. The number of fused-ring (bicyclic) bond motifs is 1. The molecule has 0 amide bonds. The molecule has 0 saturated carbocycles. The molecule has 1 aromatic carbocycles. The van der Waals surface area contributed by atoms with Crippen LogP contribution in [-0.2, 0) is 10.0 Å². The summed E-state index contributed by atoms with van der Waals surface area (Å²) in [6.45, 7) is 3.88. The van der Waals surface area contributed by atoms with E-state index in [0.29, 0.717) is 21.6 Å². The molecule has 1 atom stereocenters.